The topological polar surface area (TPSA) is 113 Å². The lowest BCUT2D eigenvalue weighted by molar-refractivity contribution is -0.116. The summed E-state index contributed by atoms with van der Waals surface area (Å²) in [6.45, 7) is 0.159. The molecule has 0 saturated heterocycles. The Hall–Kier alpha value is -3.89. The number of benzene rings is 2. The average Bonchev–Trinajstić information content (AvgIpc) is 3.43. The number of nitrogens with zero attached hydrogens (tertiary/aromatic N) is 3. The fraction of sp³-hybridized carbons (Fsp3) is 0.130. The number of methoxy groups -OCH3 is 1. The van der Waals surface area contributed by atoms with E-state index < -0.39 is 0 Å². The molecule has 0 bridgehead atoms. The van der Waals surface area contributed by atoms with Gasteiger partial charge >= 0.3 is 0 Å². The van der Waals surface area contributed by atoms with Gasteiger partial charge in [-0.15, -0.1) is 10.2 Å². The zero-order valence-corrected chi connectivity index (χ0v) is 19.6. The molecule has 34 heavy (non-hydrogen) atoms. The second kappa shape index (κ2) is 10.4. The van der Waals surface area contributed by atoms with Gasteiger partial charge in [-0.05, 0) is 54.7 Å². The van der Waals surface area contributed by atoms with Crippen molar-refractivity contribution >= 4 is 57.1 Å². The minimum Gasteiger partial charge on any atom is -0.495 e. The van der Waals surface area contributed by atoms with E-state index >= 15 is 0 Å². The Bertz CT molecular complexity index is 1370. The summed E-state index contributed by atoms with van der Waals surface area (Å²) in [5, 5.41) is 25.8. The first-order valence-corrected chi connectivity index (χ1v) is 10.9. The maximum absolute atomic E-state index is 12.8. The highest BCUT2D eigenvalue weighted by Crippen LogP contribution is 2.40. The van der Waals surface area contributed by atoms with Gasteiger partial charge in [0.2, 0.25) is 16.9 Å². The first-order valence-electron chi connectivity index (χ1n) is 10.1. The Morgan fingerprint density at radius 3 is 2.82 bits per heavy atom. The van der Waals surface area contributed by atoms with Gasteiger partial charge in [0.15, 0.2) is 5.69 Å². The van der Waals surface area contributed by atoms with E-state index in [1.165, 1.54) is 11.7 Å². The third kappa shape index (κ3) is 5.19. The Morgan fingerprint density at radius 2 is 2.06 bits per heavy atom. The molecule has 0 unspecified atom stereocenters. The van der Waals surface area contributed by atoms with Gasteiger partial charge < -0.3 is 29.5 Å². The average molecular weight is 498 g/mol. The Morgan fingerprint density at radius 1 is 1.24 bits per heavy atom. The highest BCUT2D eigenvalue weighted by Gasteiger charge is 2.20. The van der Waals surface area contributed by atoms with Gasteiger partial charge in [0.05, 0.1) is 31.1 Å². The molecule has 9 nitrogen and oxygen atoms in total. The molecule has 4 aromatic rings. The van der Waals surface area contributed by atoms with Crippen LogP contribution in [-0.2, 0) is 17.9 Å². The number of ether oxygens (including phenoxy) is 1. The second-order valence-corrected chi connectivity index (χ2v) is 7.93. The van der Waals surface area contributed by atoms with Crippen molar-refractivity contribution in [3.05, 3.63) is 71.6 Å². The molecule has 11 heteroatoms. The lowest BCUT2D eigenvalue weighted by Gasteiger charge is -2.11. The quantitative estimate of drug-likeness (QED) is 0.233. The van der Waals surface area contributed by atoms with Crippen LogP contribution in [0.2, 0.25) is 5.02 Å². The van der Waals surface area contributed by atoms with E-state index in [9.17, 15) is 9.90 Å². The van der Waals surface area contributed by atoms with Crippen molar-refractivity contribution < 1.29 is 19.1 Å². The number of halogens is 1. The number of amides is 1. The summed E-state index contributed by atoms with van der Waals surface area (Å²) in [5.41, 5.74) is 1.21. The number of rotatable bonds is 7. The number of para-hydroxylation sites is 2. The molecule has 4 rings (SSSR count). The number of aromatic nitrogens is 1. The molecular formula is C23H20ClN5O4S. The molecule has 0 aliphatic rings. The molecule has 0 atom stereocenters. The van der Waals surface area contributed by atoms with Crippen LogP contribution in [0.1, 0.15) is 5.76 Å². The van der Waals surface area contributed by atoms with E-state index in [2.05, 4.69) is 20.9 Å². The fourth-order valence-corrected chi connectivity index (χ4v) is 3.63. The SMILES string of the molecule is COc1ccccc1NC(=O)Cn1c(O)c(N=NC(=S)NCc2ccco2)c2cc(Cl)ccc21. The molecule has 0 fully saturated rings. The van der Waals surface area contributed by atoms with Crippen molar-refractivity contribution in [3.8, 4) is 11.6 Å². The lowest BCUT2D eigenvalue weighted by Crippen LogP contribution is -2.18. The smallest absolute Gasteiger partial charge is 0.244 e. The molecule has 2 aromatic heterocycles. The largest absolute Gasteiger partial charge is 0.495 e. The molecule has 0 radical (unpaired) electrons. The minimum atomic E-state index is -0.370. The fourth-order valence-electron chi connectivity index (χ4n) is 3.34. The second-order valence-electron chi connectivity index (χ2n) is 7.11. The number of fused-ring (bicyclic) bond motifs is 1. The van der Waals surface area contributed by atoms with Crippen LogP contribution in [0.25, 0.3) is 10.9 Å². The van der Waals surface area contributed by atoms with Crippen LogP contribution in [0.4, 0.5) is 11.4 Å². The summed E-state index contributed by atoms with van der Waals surface area (Å²) in [7, 11) is 1.52. The number of carbonyl (C=O) groups excluding carboxylic acids is 1. The van der Waals surface area contributed by atoms with E-state index in [0.29, 0.717) is 39.7 Å². The predicted octanol–water partition coefficient (Wildman–Crippen LogP) is 5.40. The van der Waals surface area contributed by atoms with Crippen LogP contribution < -0.4 is 15.4 Å². The molecule has 0 aliphatic heterocycles. The molecule has 174 valence electrons. The van der Waals surface area contributed by atoms with Crippen molar-refractivity contribution in [2.45, 2.75) is 13.1 Å². The number of hydrogen-bond acceptors (Lipinski definition) is 6. The lowest BCUT2D eigenvalue weighted by atomic mass is 10.2. The van der Waals surface area contributed by atoms with Gasteiger partial charge in [-0.1, -0.05) is 23.7 Å². The number of anilines is 1. The Kier molecular flexibility index (Phi) is 7.09. The first kappa shape index (κ1) is 23.3. The third-order valence-electron chi connectivity index (χ3n) is 4.89. The molecule has 1 amide bonds. The summed E-state index contributed by atoms with van der Waals surface area (Å²) in [6.07, 6.45) is 1.56. The van der Waals surface area contributed by atoms with Crippen LogP contribution in [0.15, 0.2) is 75.5 Å². The molecule has 0 aliphatic carbocycles. The van der Waals surface area contributed by atoms with Crippen molar-refractivity contribution in [3.63, 3.8) is 0 Å². The van der Waals surface area contributed by atoms with Crippen molar-refractivity contribution in [2.24, 2.45) is 10.2 Å². The van der Waals surface area contributed by atoms with Crippen molar-refractivity contribution in [2.75, 3.05) is 12.4 Å². The number of nitrogens with one attached hydrogen (secondary N) is 2. The van der Waals surface area contributed by atoms with Crippen LogP contribution in [-0.4, -0.2) is 27.8 Å². The molecule has 3 N–H and O–H groups in total. The van der Waals surface area contributed by atoms with Gasteiger partial charge in [0, 0.05) is 10.4 Å². The zero-order valence-electron chi connectivity index (χ0n) is 18.0. The monoisotopic (exact) mass is 497 g/mol. The minimum absolute atomic E-state index is 0.104. The number of azo groups is 1. The maximum atomic E-state index is 12.8. The standard InChI is InChI=1S/C23H20ClN5O4S/c1-32-19-7-3-2-6-17(19)26-20(30)13-29-18-9-8-14(24)11-16(18)21(22(29)31)27-28-23(34)25-12-15-5-4-10-33-15/h2-11,31H,12-13H2,1H3,(H,25,34)(H,26,30). The number of carbonyl (C=O) groups is 1. The van der Waals surface area contributed by atoms with Gasteiger partial charge in [-0.3, -0.25) is 4.79 Å². The third-order valence-corrected chi connectivity index (χ3v) is 5.35. The van der Waals surface area contributed by atoms with Gasteiger partial charge in [0.25, 0.3) is 0 Å². The highest BCUT2D eigenvalue weighted by molar-refractivity contribution is 7.80. The van der Waals surface area contributed by atoms with E-state index in [1.807, 2.05) is 0 Å². The van der Waals surface area contributed by atoms with E-state index in [-0.39, 0.29) is 29.1 Å². The molecule has 2 aromatic carbocycles. The Balaban J connectivity index is 1.57. The van der Waals surface area contributed by atoms with Crippen LogP contribution in [0, 0.1) is 0 Å². The van der Waals surface area contributed by atoms with E-state index in [1.54, 1.807) is 60.9 Å². The van der Waals surface area contributed by atoms with Crippen LogP contribution >= 0.6 is 23.8 Å². The molecule has 0 saturated carbocycles. The van der Waals surface area contributed by atoms with E-state index in [0.717, 1.165) is 0 Å². The van der Waals surface area contributed by atoms with Gasteiger partial charge in [-0.25, -0.2) is 0 Å². The highest BCUT2D eigenvalue weighted by atomic mass is 35.5. The molecule has 2 heterocycles. The molecule has 0 spiro atoms. The van der Waals surface area contributed by atoms with Crippen LogP contribution in [0.3, 0.4) is 0 Å². The zero-order chi connectivity index (χ0) is 24.1. The van der Waals surface area contributed by atoms with Crippen molar-refractivity contribution in [1.29, 1.82) is 0 Å². The van der Waals surface area contributed by atoms with Gasteiger partial charge in [-0.2, -0.15) is 0 Å². The first-order chi connectivity index (χ1) is 16.5. The summed E-state index contributed by atoms with van der Waals surface area (Å²) in [4.78, 5) is 12.8. The normalized spacial score (nSPS) is 11.1. The summed E-state index contributed by atoms with van der Waals surface area (Å²) < 4.78 is 11.9. The number of thiocarbonyl (C=S) groups is 1. The van der Waals surface area contributed by atoms with Crippen molar-refractivity contribution in [1.82, 2.24) is 9.88 Å². The van der Waals surface area contributed by atoms with Gasteiger partial charge in [0.1, 0.15) is 18.1 Å². The number of furan rings is 1. The Labute approximate surface area is 205 Å². The number of aromatic hydroxyl groups is 1. The summed E-state index contributed by atoms with van der Waals surface area (Å²) >= 11 is 11.4. The predicted molar refractivity (Wildman–Crippen MR) is 133 cm³/mol. The maximum Gasteiger partial charge on any atom is 0.244 e. The van der Waals surface area contributed by atoms with E-state index in [4.69, 9.17) is 33.0 Å². The number of hydrogen-bond donors (Lipinski definition) is 3. The van der Waals surface area contributed by atoms with Crippen LogP contribution in [0.5, 0.6) is 11.6 Å². The summed E-state index contributed by atoms with van der Waals surface area (Å²) in [6, 6.07) is 15.6. The molecular weight excluding hydrogens is 478 g/mol. The summed E-state index contributed by atoms with van der Waals surface area (Å²) in [5.74, 6) is 0.593.